The molecule has 0 saturated carbocycles. The van der Waals surface area contributed by atoms with E-state index in [9.17, 15) is 18.0 Å². The molecule has 3 fully saturated rings. The van der Waals surface area contributed by atoms with Gasteiger partial charge in [-0.05, 0) is 138 Å². The van der Waals surface area contributed by atoms with Crippen molar-refractivity contribution < 1.29 is 55.3 Å². The molecule has 11 atom stereocenters. The fraction of sp³-hybridized carbons (Fsp3) is 0.552. The first-order valence-electron chi connectivity index (χ1n) is 29.8. The normalized spacial score (nSPS) is 24.5. The van der Waals surface area contributed by atoms with Crippen molar-refractivity contribution in [1.82, 2.24) is 0 Å². The van der Waals surface area contributed by atoms with Crippen LogP contribution in [0.5, 0.6) is 0 Å². The topological polar surface area (TPSA) is 142 Å². The molecule has 3 saturated heterocycles. The van der Waals surface area contributed by atoms with E-state index in [0.717, 1.165) is 51.7 Å². The van der Waals surface area contributed by atoms with Gasteiger partial charge in [-0.25, -0.2) is 18.0 Å². The molecular formula is C67H91IO12SSi2. The molecule has 2 unspecified atom stereocenters. The summed E-state index contributed by atoms with van der Waals surface area (Å²) in [4.78, 5) is 27.9. The van der Waals surface area contributed by atoms with Crippen molar-refractivity contribution in [2.75, 3.05) is 30.5 Å². The summed E-state index contributed by atoms with van der Waals surface area (Å²) in [6.07, 6.45) is 1.44. The highest BCUT2D eigenvalue weighted by molar-refractivity contribution is 14.1. The number of hydrogen-bond acceptors (Lipinski definition) is 12. The summed E-state index contributed by atoms with van der Waals surface area (Å²) < 4.78 is 83.9. The zero-order valence-corrected chi connectivity index (χ0v) is 56.1. The number of ether oxygens (including phenoxy) is 6. The van der Waals surface area contributed by atoms with E-state index in [1.54, 1.807) is 43.5 Å². The van der Waals surface area contributed by atoms with Crippen LogP contribution in [0, 0.1) is 11.8 Å². The SMILES string of the molecule is C=C([C@H](C)CC1CC[C@@H]2O[C@@H](CCCOC(=O)c3ccc4ccccc4c3)C[C@]2(CI)O1)[C@@H](C[C@@H]1O[C@H](CC(CO[Si](C)(C)C(C)(C)C)O[Si](C)(C)C(C)(C)C)[C@H](OC)[C@H]1CS(=O)(=O)c1ccccc1)OC(=O)c1ccc2ccccc2c1. The van der Waals surface area contributed by atoms with Gasteiger partial charge in [0.1, 0.15) is 11.7 Å². The molecule has 452 valence electrons. The number of benzene rings is 5. The van der Waals surface area contributed by atoms with Crippen LogP contribution < -0.4 is 0 Å². The summed E-state index contributed by atoms with van der Waals surface area (Å²) in [5.41, 5.74) is 1.14. The third-order valence-electron chi connectivity index (χ3n) is 18.7. The lowest BCUT2D eigenvalue weighted by Crippen LogP contribution is -2.50. The highest BCUT2D eigenvalue weighted by Crippen LogP contribution is 2.47. The van der Waals surface area contributed by atoms with Crippen LogP contribution in [-0.4, -0.2) is 122 Å². The average molecular weight is 1300 g/mol. The summed E-state index contributed by atoms with van der Waals surface area (Å²) >= 11 is 2.43. The maximum atomic E-state index is 14.6. The minimum absolute atomic E-state index is 0.0361. The fourth-order valence-corrected chi connectivity index (χ4v) is 16.7. The molecular weight excluding hydrogens is 1210 g/mol. The highest BCUT2D eigenvalue weighted by Gasteiger charge is 2.54. The molecule has 0 amide bonds. The number of sulfone groups is 1. The van der Waals surface area contributed by atoms with Gasteiger partial charge in [-0.3, -0.25) is 0 Å². The van der Waals surface area contributed by atoms with Crippen molar-refractivity contribution in [3.63, 3.8) is 0 Å². The Morgan fingerprint density at radius 2 is 1.33 bits per heavy atom. The van der Waals surface area contributed by atoms with Gasteiger partial charge in [0.2, 0.25) is 0 Å². The molecule has 16 heteroatoms. The molecule has 12 nitrogen and oxygen atoms in total. The third kappa shape index (κ3) is 15.8. The summed E-state index contributed by atoms with van der Waals surface area (Å²) in [6.45, 7) is 29.8. The first-order valence-corrected chi connectivity index (χ1v) is 38.8. The van der Waals surface area contributed by atoms with Gasteiger partial charge in [-0.2, -0.15) is 0 Å². The summed E-state index contributed by atoms with van der Waals surface area (Å²) in [5, 5.41) is 3.84. The smallest absolute Gasteiger partial charge is 0.338 e. The molecule has 3 heterocycles. The van der Waals surface area contributed by atoms with Crippen molar-refractivity contribution >= 4 is 82.5 Å². The molecule has 0 bridgehead atoms. The van der Waals surface area contributed by atoms with Gasteiger partial charge < -0.3 is 37.3 Å². The Balaban J connectivity index is 1.02. The maximum absolute atomic E-state index is 14.6. The molecule has 0 aromatic heterocycles. The number of alkyl halides is 1. The Morgan fingerprint density at radius 3 is 1.92 bits per heavy atom. The Kier molecular flexibility index (Phi) is 21.2. The van der Waals surface area contributed by atoms with Crippen molar-refractivity contribution in [3.05, 3.63) is 139 Å². The average Bonchev–Trinajstić information content (AvgIpc) is 4.11. The van der Waals surface area contributed by atoms with Crippen LogP contribution in [0.1, 0.15) is 121 Å². The molecule has 83 heavy (non-hydrogen) atoms. The van der Waals surface area contributed by atoms with E-state index in [1.807, 2.05) is 78.9 Å². The predicted octanol–water partition coefficient (Wildman–Crippen LogP) is 15.3. The van der Waals surface area contributed by atoms with E-state index in [-0.39, 0.29) is 63.4 Å². The van der Waals surface area contributed by atoms with Gasteiger partial charge in [0.25, 0.3) is 0 Å². The largest absolute Gasteiger partial charge is 0.462 e. The van der Waals surface area contributed by atoms with E-state index in [2.05, 4.69) is 97.2 Å². The van der Waals surface area contributed by atoms with Gasteiger partial charge in [-0.15, -0.1) is 0 Å². The third-order valence-corrected chi connectivity index (χ3v) is 30.9. The van der Waals surface area contributed by atoms with E-state index >= 15 is 0 Å². The quantitative estimate of drug-likeness (QED) is 0.0137. The van der Waals surface area contributed by atoms with Gasteiger partial charge in [0, 0.05) is 36.7 Å². The van der Waals surface area contributed by atoms with Gasteiger partial charge in [0.15, 0.2) is 26.5 Å². The minimum atomic E-state index is -3.87. The number of esters is 2. The number of carbonyl (C=O) groups excluding carboxylic acids is 2. The molecule has 0 spiro atoms. The first-order chi connectivity index (χ1) is 39.1. The number of hydrogen-bond donors (Lipinski definition) is 0. The second-order valence-electron chi connectivity index (χ2n) is 26.7. The molecule has 5 aromatic carbocycles. The molecule has 8 rings (SSSR count). The van der Waals surface area contributed by atoms with E-state index in [4.69, 9.17) is 43.9 Å². The first kappa shape index (κ1) is 65.2. The molecule has 0 N–H and O–H groups in total. The Labute approximate surface area is 510 Å². The van der Waals surface area contributed by atoms with Crippen LogP contribution >= 0.6 is 22.6 Å². The maximum Gasteiger partial charge on any atom is 0.338 e. The Hall–Kier alpha value is -3.83. The van der Waals surface area contributed by atoms with Crippen LogP contribution in [0.4, 0.5) is 0 Å². The zero-order chi connectivity index (χ0) is 60.1. The lowest BCUT2D eigenvalue weighted by molar-refractivity contribution is -0.155. The van der Waals surface area contributed by atoms with Crippen molar-refractivity contribution in [3.8, 4) is 0 Å². The molecule has 3 aliphatic heterocycles. The lowest BCUT2D eigenvalue weighted by atomic mass is 9.83. The Morgan fingerprint density at radius 1 is 0.735 bits per heavy atom. The zero-order valence-electron chi connectivity index (χ0n) is 51.1. The second kappa shape index (κ2) is 27.1. The second-order valence-corrected chi connectivity index (χ2v) is 39.1. The standard InChI is InChI=1S/C67H91IO12SSi2/c1-45(36-53-33-34-61-67(44-68,79-53)41-54(76-61)26-21-35-74-63(69)51-31-29-47-22-17-19-24-49(47)37-51)46(2)58(78-64(70)52-32-30-48-23-18-20-25-50(48)38-52)40-59-57(43-81(71,72)56-27-15-14-16-28-56)62(73-9)60(77-59)39-55(80-83(12,13)66(6,7)8)42-75-82(10,11)65(3,4)5/h14-20,22-25,27-32,37-38,45,53-55,57-62H,2,21,26,33-36,39-44H2,1,3-13H3/t45-,53?,54+,55?,57+,58-,59+,60-,61+,62-,67-/m1/s1. The fourth-order valence-electron chi connectivity index (χ4n) is 11.7. The molecule has 3 aliphatic rings. The van der Waals surface area contributed by atoms with Crippen LogP contribution in [0.2, 0.25) is 36.3 Å². The number of fused-ring (bicyclic) bond motifs is 3. The monoisotopic (exact) mass is 1300 g/mol. The van der Waals surface area contributed by atoms with Crippen LogP contribution in [0.15, 0.2) is 132 Å². The lowest BCUT2D eigenvalue weighted by Gasteiger charge is -2.42. The number of carbonyl (C=O) groups is 2. The number of methoxy groups -OCH3 is 1. The van der Waals surface area contributed by atoms with Crippen molar-refractivity contribution in [2.24, 2.45) is 11.8 Å². The minimum Gasteiger partial charge on any atom is -0.462 e. The summed E-state index contributed by atoms with van der Waals surface area (Å²) in [5.74, 6) is -1.95. The highest BCUT2D eigenvalue weighted by atomic mass is 127. The van der Waals surface area contributed by atoms with E-state index in [1.165, 1.54) is 0 Å². The van der Waals surface area contributed by atoms with Crippen LogP contribution in [0.25, 0.3) is 21.5 Å². The number of halogens is 1. The van der Waals surface area contributed by atoms with Gasteiger partial charge in [0.05, 0.1) is 77.7 Å². The van der Waals surface area contributed by atoms with Crippen LogP contribution in [0.3, 0.4) is 0 Å². The molecule has 0 aliphatic carbocycles. The van der Waals surface area contributed by atoms with Gasteiger partial charge >= 0.3 is 11.9 Å². The van der Waals surface area contributed by atoms with Crippen molar-refractivity contribution in [2.45, 2.75) is 195 Å². The van der Waals surface area contributed by atoms with Crippen molar-refractivity contribution in [1.29, 1.82) is 0 Å². The van der Waals surface area contributed by atoms with Gasteiger partial charge in [-0.1, -0.05) is 156 Å². The molecule has 5 aromatic rings. The Bertz CT molecular complexity index is 3140. The summed E-state index contributed by atoms with van der Waals surface area (Å²) in [6, 6.07) is 35.5. The van der Waals surface area contributed by atoms with E-state index in [0.29, 0.717) is 49.2 Å². The van der Waals surface area contributed by atoms with E-state index < -0.39 is 68.4 Å². The number of rotatable bonds is 25. The van der Waals surface area contributed by atoms with Crippen LogP contribution in [-0.2, 0) is 47.1 Å². The summed E-state index contributed by atoms with van der Waals surface area (Å²) in [7, 11) is -6.85. The predicted molar refractivity (Wildman–Crippen MR) is 344 cm³/mol. The molecule has 0 radical (unpaired) electrons.